The summed E-state index contributed by atoms with van der Waals surface area (Å²) in [6, 6.07) is 16.0. The molecule has 1 fully saturated rings. The van der Waals surface area contributed by atoms with Gasteiger partial charge in [-0.2, -0.15) is 0 Å². The molecule has 3 rings (SSSR count). The summed E-state index contributed by atoms with van der Waals surface area (Å²) in [4.78, 5) is 14.7. The Hall–Kier alpha value is -2.00. The fraction of sp³-hybridized carbons (Fsp3) is 0.409. The Bertz CT molecular complexity index is 719. The predicted octanol–water partition coefficient (Wildman–Crippen LogP) is 5.00. The SMILES string of the molecule is CC1CCN(c2ccc(C(C)NC(=O)Cc3ccc(Cl)cc3)cc2)CC1. The normalized spacial score (nSPS) is 16.3. The molecular weight excluding hydrogens is 344 g/mol. The van der Waals surface area contributed by atoms with E-state index in [4.69, 9.17) is 11.6 Å². The summed E-state index contributed by atoms with van der Waals surface area (Å²) in [5.74, 6) is 0.857. The van der Waals surface area contributed by atoms with Crippen LogP contribution in [0.5, 0.6) is 0 Å². The number of anilines is 1. The summed E-state index contributed by atoms with van der Waals surface area (Å²) in [6.45, 7) is 6.62. The molecule has 138 valence electrons. The van der Waals surface area contributed by atoms with Crippen molar-refractivity contribution >= 4 is 23.2 Å². The van der Waals surface area contributed by atoms with Gasteiger partial charge in [-0.3, -0.25) is 4.79 Å². The third kappa shape index (κ3) is 5.01. The second-order valence-electron chi connectivity index (χ2n) is 7.35. The van der Waals surface area contributed by atoms with Gasteiger partial charge < -0.3 is 10.2 Å². The minimum atomic E-state index is -0.00905. The van der Waals surface area contributed by atoms with E-state index in [-0.39, 0.29) is 11.9 Å². The Morgan fingerprint density at radius 3 is 2.35 bits per heavy atom. The Labute approximate surface area is 161 Å². The van der Waals surface area contributed by atoms with E-state index in [0.717, 1.165) is 30.1 Å². The summed E-state index contributed by atoms with van der Waals surface area (Å²) in [5.41, 5.74) is 3.37. The van der Waals surface area contributed by atoms with Crippen LogP contribution in [0.15, 0.2) is 48.5 Å². The first-order valence-electron chi connectivity index (χ1n) is 9.40. The number of carbonyl (C=O) groups excluding carboxylic acids is 1. The van der Waals surface area contributed by atoms with Crippen LogP contribution >= 0.6 is 11.6 Å². The van der Waals surface area contributed by atoms with Crippen LogP contribution in [0.2, 0.25) is 5.02 Å². The van der Waals surface area contributed by atoms with Crippen molar-refractivity contribution in [2.24, 2.45) is 5.92 Å². The quantitative estimate of drug-likeness (QED) is 0.803. The van der Waals surface area contributed by atoms with Crippen molar-refractivity contribution in [2.75, 3.05) is 18.0 Å². The minimum Gasteiger partial charge on any atom is -0.372 e. The first-order valence-corrected chi connectivity index (χ1v) is 9.78. The topological polar surface area (TPSA) is 32.3 Å². The number of hydrogen-bond donors (Lipinski definition) is 1. The van der Waals surface area contributed by atoms with Crippen LogP contribution in [-0.4, -0.2) is 19.0 Å². The van der Waals surface area contributed by atoms with Crippen LogP contribution in [0.4, 0.5) is 5.69 Å². The van der Waals surface area contributed by atoms with Crippen molar-refractivity contribution in [3.05, 3.63) is 64.7 Å². The lowest BCUT2D eigenvalue weighted by atomic mass is 9.98. The maximum atomic E-state index is 12.3. The van der Waals surface area contributed by atoms with Gasteiger partial charge in [0.2, 0.25) is 5.91 Å². The Morgan fingerprint density at radius 2 is 1.73 bits per heavy atom. The second kappa shape index (κ2) is 8.59. The van der Waals surface area contributed by atoms with E-state index in [1.807, 2.05) is 31.2 Å². The highest BCUT2D eigenvalue weighted by Gasteiger charge is 2.16. The molecule has 26 heavy (non-hydrogen) atoms. The molecule has 1 atom stereocenters. The van der Waals surface area contributed by atoms with Crippen molar-refractivity contribution < 1.29 is 4.79 Å². The second-order valence-corrected chi connectivity index (χ2v) is 7.79. The van der Waals surface area contributed by atoms with E-state index in [2.05, 4.69) is 41.4 Å². The molecule has 0 spiro atoms. The van der Waals surface area contributed by atoms with Crippen molar-refractivity contribution in [3.8, 4) is 0 Å². The third-order valence-corrected chi connectivity index (χ3v) is 5.45. The maximum Gasteiger partial charge on any atom is 0.224 e. The number of amides is 1. The van der Waals surface area contributed by atoms with Gasteiger partial charge in [0.1, 0.15) is 0 Å². The highest BCUT2D eigenvalue weighted by Crippen LogP contribution is 2.24. The molecule has 1 aliphatic rings. The average Bonchev–Trinajstić information content (AvgIpc) is 2.64. The van der Waals surface area contributed by atoms with Crippen molar-refractivity contribution in [1.29, 1.82) is 0 Å². The summed E-state index contributed by atoms with van der Waals surface area (Å²) < 4.78 is 0. The summed E-state index contributed by atoms with van der Waals surface area (Å²) in [7, 11) is 0. The smallest absolute Gasteiger partial charge is 0.224 e. The van der Waals surface area contributed by atoms with Crippen molar-refractivity contribution in [1.82, 2.24) is 5.32 Å². The van der Waals surface area contributed by atoms with E-state index in [1.54, 1.807) is 0 Å². The first kappa shape index (κ1) is 18.8. The molecule has 1 aliphatic heterocycles. The van der Waals surface area contributed by atoms with Crippen LogP contribution in [0.1, 0.15) is 43.9 Å². The molecule has 1 amide bonds. The maximum absolute atomic E-state index is 12.3. The number of hydrogen-bond acceptors (Lipinski definition) is 2. The number of piperidine rings is 1. The average molecular weight is 371 g/mol. The van der Waals surface area contributed by atoms with Gasteiger partial charge in [0.25, 0.3) is 0 Å². The molecule has 3 nitrogen and oxygen atoms in total. The van der Waals surface area contributed by atoms with Crippen LogP contribution in [0.25, 0.3) is 0 Å². The molecule has 1 unspecified atom stereocenters. The molecule has 4 heteroatoms. The molecule has 0 aromatic heterocycles. The fourth-order valence-corrected chi connectivity index (χ4v) is 3.53. The summed E-state index contributed by atoms with van der Waals surface area (Å²) in [6.07, 6.45) is 2.89. The van der Waals surface area contributed by atoms with Crippen molar-refractivity contribution in [2.45, 2.75) is 39.2 Å². The van der Waals surface area contributed by atoms with Gasteiger partial charge in [0.15, 0.2) is 0 Å². The Balaban J connectivity index is 1.54. The molecular formula is C22H27ClN2O. The number of nitrogens with zero attached hydrogens (tertiary/aromatic N) is 1. The van der Waals surface area contributed by atoms with Gasteiger partial charge in [-0.1, -0.05) is 42.8 Å². The van der Waals surface area contributed by atoms with Gasteiger partial charge in [-0.15, -0.1) is 0 Å². The van der Waals surface area contributed by atoms with E-state index in [1.165, 1.54) is 18.5 Å². The van der Waals surface area contributed by atoms with Gasteiger partial charge in [-0.25, -0.2) is 0 Å². The van der Waals surface area contributed by atoms with Gasteiger partial charge >= 0.3 is 0 Å². The zero-order chi connectivity index (χ0) is 18.5. The third-order valence-electron chi connectivity index (χ3n) is 5.20. The fourth-order valence-electron chi connectivity index (χ4n) is 3.40. The molecule has 2 aromatic carbocycles. The lowest BCUT2D eigenvalue weighted by Crippen LogP contribution is -2.32. The minimum absolute atomic E-state index is 0.00905. The molecule has 0 radical (unpaired) electrons. The Kier molecular flexibility index (Phi) is 6.20. The van der Waals surface area contributed by atoms with Gasteiger partial charge in [-0.05, 0) is 61.1 Å². The molecule has 1 N–H and O–H groups in total. The van der Waals surface area contributed by atoms with E-state index in [9.17, 15) is 4.79 Å². The summed E-state index contributed by atoms with van der Waals surface area (Å²) in [5, 5.41) is 3.76. The molecule has 0 saturated carbocycles. The first-order chi connectivity index (χ1) is 12.5. The van der Waals surface area contributed by atoms with E-state index >= 15 is 0 Å². The van der Waals surface area contributed by atoms with Crippen LogP contribution in [-0.2, 0) is 11.2 Å². The number of nitrogens with one attached hydrogen (secondary N) is 1. The number of benzene rings is 2. The number of carbonyl (C=O) groups is 1. The van der Waals surface area contributed by atoms with Gasteiger partial charge in [0.05, 0.1) is 12.5 Å². The zero-order valence-electron chi connectivity index (χ0n) is 15.5. The number of rotatable bonds is 5. The highest BCUT2D eigenvalue weighted by molar-refractivity contribution is 6.30. The largest absolute Gasteiger partial charge is 0.372 e. The molecule has 0 bridgehead atoms. The highest BCUT2D eigenvalue weighted by atomic mass is 35.5. The van der Waals surface area contributed by atoms with Gasteiger partial charge in [0, 0.05) is 23.8 Å². The zero-order valence-corrected chi connectivity index (χ0v) is 16.3. The summed E-state index contributed by atoms with van der Waals surface area (Å²) >= 11 is 5.88. The molecule has 1 heterocycles. The number of halogens is 1. The molecule has 2 aromatic rings. The standard InChI is InChI=1S/C22H27ClN2O/c1-16-11-13-25(14-12-16)21-9-5-19(6-10-21)17(2)24-22(26)15-18-3-7-20(23)8-4-18/h3-10,16-17H,11-15H2,1-2H3,(H,24,26). The van der Waals surface area contributed by atoms with Crippen LogP contribution in [0.3, 0.4) is 0 Å². The molecule has 1 saturated heterocycles. The predicted molar refractivity (Wildman–Crippen MR) is 109 cm³/mol. The van der Waals surface area contributed by atoms with E-state index < -0.39 is 0 Å². The molecule has 0 aliphatic carbocycles. The van der Waals surface area contributed by atoms with Crippen molar-refractivity contribution in [3.63, 3.8) is 0 Å². The monoisotopic (exact) mass is 370 g/mol. The lowest BCUT2D eigenvalue weighted by Gasteiger charge is -2.32. The Morgan fingerprint density at radius 1 is 1.12 bits per heavy atom. The van der Waals surface area contributed by atoms with E-state index in [0.29, 0.717) is 11.4 Å². The van der Waals surface area contributed by atoms with Crippen LogP contribution in [0, 0.1) is 5.92 Å². The lowest BCUT2D eigenvalue weighted by molar-refractivity contribution is -0.121. The van der Waals surface area contributed by atoms with Crippen LogP contribution < -0.4 is 10.2 Å².